The third kappa shape index (κ3) is 3.44. The van der Waals surface area contributed by atoms with Gasteiger partial charge in [0.25, 0.3) is 0 Å². The maximum atomic E-state index is 13.1. The first-order chi connectivity index (χ1) is 15.8. The zero-order chi connectivity index (χ0) is 25.2. The summed E-state index contributed by atoms with van der Waals surface area (Å²) >= 11 is 0.960. The van der Waals surface area contributed by atoms with Crippen LogP contribution in [-0.2, 0) is 9.53 Å². The summed E-state index contributed by atoms with van der Waals surface area (Å²) < 4.78 is 6.22. The Balaban J connectivity index is 1.70. The highest BCUT2D eigenvalue weighted by Crippen LogP contribution is 2.70. The quantitative estimate of drug-likeness (QED) is 0.229. The fourth-order valence-corrected chi connectivity index (χ4v) is 8.38. The Hall–Kier alpha value is -1.60. The van der Waals surface area contributed by atoms with Gasteiger partial charge in [-0.3, -0.25) is 14.4 Å². The number of rotatable bonds is 5. The van der Waals surface area contributed by atoms with Gasteiger partial charge in [0.05, 0.1) is 16.8 Å². The van der Waals surface area contributed by atoms with Crippen LogP contribution < -0.4 is 16.3 Å². The van der Waals surface area contributed by atoms with Crippen molar-refractivity contribution in [3.05, 3.63) is 45.3 Å². The molecular weight excluding hydrogens is 447 g/mol. The van der Waals surface area contributed by atoms with Gasteiger partial charge in [-0.2, -0.15) is 0 Å². The summed E-state index contributed by atoms with van der Waals surface area (Å²) in [7, 11) is 5.61. The largest absolute Gasteiger partial charge is 0.461 e. The second-order valence-corrected chi connectivity index (χ2v) is 12.4. The van der Waals surface area contributed by atoms with Crippen LogP contribution in [0.4, 0.5) is 0 Å². The average molecular weight is 482 g/mol. The molecule has 0 spiro atoms. The Labute approximate surface area is 207 Å². The van der Waals surface area contributed by atoms with Crippen molar-refractivity contribution in [2.45, 2.75) is 76.9 Å². The SMILES string of the molecule is [B]c1c(SCC(=O)O[C@@H]2C[C@@](C)(C=C)[C@@H](O)[C@H](C)[C@]34CCC(=C)C3[C@@]2(C)[C@H](C)CC4)c(=O)c1=O. The van der Waals surface area contributed by atoms with E-state index in [1.54, 1.807) is 0 Å². The third-order valence-corrected chi connectivity index (χ3v) is 11.0. The number of aliphatic hydroxyl groups excluding tert-OH is 1. The molecule has 1 aromatic carbocycles. The monoisotopic (exact) mass is 482 g/mol. The molecule has 0 amide bonds. The Morgan fingerprint density at radius 1 is 1.26 bits per heavy atom. The van der Waals surface area contributed by atoms with E-state index >= 15 is 0 Å². The molecule has 0 aromatic heterocycles. The van der Waals surface area contributed by atoms with Crippen LogP contribution in [0.1, 0.15) is 59.8 Å². The standard InChI is InChI=1S/C27H35BO5S/c1-7-25(5)12-17(33-18(29)13-34-22-19(28)20(30)21(22)31)26(6)15(3)9-11-27(16(4)24(25)32)10-8-14(2)23(26)27/h7,15-17,23-24,32H,1-2,8-13H2,3-6H3/t15-,16+,17-,23?,24+,25-,26+,27-/m1/s1. The van der Waals surface area contributed by atoms with Crippen molar-refractivity contribution in [1.82, 2.24) is 0 Å². The number of esters is 1. The Morgan fingerprint density at radius 3 is 2.56 bits per heavy atom. The first-order valence-corrected chi connectivity index (χ1v) is 13.2. The zero-order valence-corrected chi connectivity index (χ0v) is 21.5. The molecule has 2 bridgehead atoms. The lowest BCUT2D eigenvalue weighted by Crippen LogP contribution is -2.62. The van der Waals surface area contributed by atoms with E-state index in [9.17, 15) is 19.5 Å². The molecule has 3 aliphatic carbocycles. The number of hydrogen-bond donors (Lipinski definition) is 1. The molecule has 8 atom stereocenters. The molecule has 182 valence electrons. The smallest absolute Gasteiger partial charge is 0.316 e. The minimum atomic E-state index is -0.694. The van der Waals surface area contributed by atoms with E-state index in [-0.39, 0.29) is 38.8 Å². The number of ether oxygens (including phenoxy) is 1. The molecule has 3 fully saturated rings. The van der Waals surface area contributed by atoms with Crippen LogP contribution in [0.5, 0.6) is 0 Å². The van der Waals surface area contributed by atoms with Crippen molar-refractivity contribution < 1.29 is 14.6 Å². The highest BCUT2D eigenvalue weighted by molar-refractivity contribution is 8.00. The van der Waals surface area contributed by atoms with Gasteiger partial charge in [0.2, 0.25) is 10.9 Å². The summed E-state index contributed by atoms with van der Waals surface area (Å²) in [6.07, 6.45) is 5.16. The second-order valence-electron chi connectivity index (χ2n) is 11.4. The summed E-state index contributed by atoms with van der Waals surface area (Å²) in [4.78, 5) is 36.3. The Bertz CT molecular complexity index is 1110. The van der Waals surface area contributed by atoms with Crippen LogP contribution in [0.2, 0.25) is 0 Å². The summed E-state index contributed by atoms with van der Waals surface area (Å²) in [6.45, 7) is 17.2. The molecule has 3 saturated carbocycles. The molecule has 1 unspecified atom stereocenters. The van der Waals surface area contributed by atoms with Crippen molar-refractivity contribution in [2.75, 3.05) is 5.75 Å². The first kappa shape index (κ1) is 25.5. The van der Waals surface area contributed by atoms with Gasteiger partial charge in [0.15, 0.2) is 0 Å². The van der Waals surface area contributed by atoms with E-state index in [0.717, 1.165) is 37.4 Å². The fourth-order valence-electron chi connectivity index (χ4n) is 7.57. The van der Waals surface area contributed by atoms with Crippen molar-refractivity contribution in [3.8, 4) is 0 Å². The number of carbonyl (C=O) groups is 1. The molecule has 0 heterocycles. The number of aliphatic hydroxyl groups is 1. The maximum Gasteiger partial charge on any atom is 0.316 e. The van der Waals surface area contributed by atoms with Crippen molar-refractivity contribution in [1.29, 1.82) is 0 Å². The summed E-state index contributed by atoms with van der Waals surface area (Å²) in [5.74, 6) is -0.0404. The van der Waals surface area contributed by atoms with E-state index < -0.39 is 34.4 Å². The van der Waals surface area contributed by atoms with Crippen molar-refractivity contribution in [2.24, 2.45) is 34.0 Å². The average Bonchev–Trinajstić information content (AvgIpc) is 3.17. The summed E-state index contributed by atoms with van der Waals surface area (Å²) in [5.41, 5.74) is -1.27. The molecule has 5 nitrogen and oxygen atoms in total. The lowest BCUT2D eigenvalue weighted by atomic mass is 9.43. The lowest BCUT2D eigenvalue weighted by Gasteiger charge is -2.62. The molecule has 1 N–H and O–H groups in total. The normalized spacial score (nSPS) is 42.0. The van der Waals surface area contributed by atoms with Gasteiger partial charge < -0.3 is 9.84 Å². The molecule has 0 aliphatic heterocycles. The zero-order valence-electron chi connectivity index (χ0n) is 20.7. The van der Waals surface area contributed by atoms with Crippen LogP contribution in [0.3, 0.4) is 0 Å². The first-order valence-electron chi connectivity index (χ1n) is 12.2. The molecule has 7 heteroatoms. The molecule has 34 heavy (non-hydrogen) atoms. The summed E-state index contributed by atoms with van der Waals surface area (Å²) in [5, 5.41) is 11.6. The van der Waals surface area contributed by atoms with Gasteiger partial charge in [0.1, 0.15) is 14.0 Å². The molecule has 0 saturated heterocycles. The van der Waals surface area contributed by atoms with E-state index in [4.69, 9.17) is 12.6 Å². The lowest BCUT2D eigenvalue weighted by molar-refractivity contribution is -0.200. The van der Waals surface area contributed by atoms with Gasteiger partial charge in [-0.15, -0.1) is 18.3 Å². The number of carbonyl (C=O) groups excluding carboxylic acids is 1. The maximum absolute atomic E-state index is 13.1. The van der Waals surface area contributed by atoms with Crippen molar-refractivity contribution >= 4 is 31.0 Å². The molecule has 4 rings (SSSR count). The Morgan fingerprint density at radius 2 is 1.94 bits per heavy atom. The second kappa shape index (κ2) is 8.51. The predicted octanol–water partition coefficient (Wildman–Crippen LogP) is 3.06. The van der Waals surface area contributed by atoms with E-state index in [2.05, 4.69) is 33.9 Å². The Kier molecular flexibility index (Phi) is 6.38. The minimum Gasteiger partial charge on any atom is -0.461 e. The highest BCUT2D eigenvalue weighted by atomic mass is 32.2. The topological polar surface area (TPSA) is 80.7 Å². The number of thioether (sulfide) groups is 1. The van der Waals surface area contributed by atoms with Crippen LogP contribution in [0.25, 0.3) is 0 Å². The third-order valence-electron chi connectivity index (χ3n) is 9.97. The van der Waals surface area contributed by atoms with E-state index in [1.807, 2.05) is 13.0 Å². The minimum absolute atomic E-state index is 0.0656. The van der Waals surface area contributed by atoms with Crippen molar-refractivity contribution in [3.63, 3.8) is 0 Å². The highest BCUT2D eigenvalue weighted by Gasteiger charge is 2.66. The molecule has 3 aliphatic rings. The van der Waals surface area contributed by atoms with Gasteiger partial charge in [-0.25, -0.2) is 0 Å². The fraction of sp³-hybridized carbons (Fsp3) is 0.667. The predicted molar refractivity (Wildman–Crippen MR) is 136 cm³/mol. The van der Waals surface area contributed by atoms with Gasteiger partial charge in [-0.1, -0.05) is 45.9 Å². The van der Waals surface area contributed by atoms with Crippen LogP contribution >= 0.6 is 11.8 Å². The molecule has 2 radical (unpaired) electrons. The molecule has 1 aromatic rings. The number of allylic oxidation sites excluding steroid dienone is 1. The number of hydrogen-bond acceptors (Lipinski definition) is 6. The van der Waals surface area contributed by atoms with Gasteiger partial charge >= 0.3 is 5.97 Å². The molecular formula is C27H35BO5S. The van der Waals surface area contributed by atoms with E-state index in [0.29, 0.717) is 12.3 Å². The van der Waals surface area contributed by atoms with Crippen LogP contribution in [-0.4, -0.2) is 36.9 Å². The van der Waals surface area contributed by atoms with Crippen LogP contribution in [0.15, 0.2) is 39.3 Å². The summed E-state index contributed by atoms with van der Waals surface area (Å²) in [6, 6.07) is 0. The van der Waals surface area contributed by atoms with Gasteiger partial charge in [-0.05, 0) is 60.7 Å². The van der Waals surface area contributed by atoms with E-state index in [1.165, 1.54) is 5.57 Å². The van der Waals surface area contributed by atoms with Crippen LogP contribution in [0, 0.1) is 34.0 Å². The van der Waals surface area contributed by atoms with Gasteiger partial charge in [0, 0.05) is 10.8 Å².